The third-order valence-electron chi connectivity index (χ3n) is 1.42. The molecule has 0 radical (unpaired) electrons. The Labute approximate surface area is 59.7 Å². The van der Waals surface area contributed by atoms with Crippen molar-refractivity contribution in [1.82, 2.24) is 4.90 Å². The van der Waals surface area contributed by atoms with Crippen molar-refractivity contribution in [3.05, 3.63) is 0 Å². The van der Waals surface area contributed by atoms with Gasteiger partial charge in [-0.2, -0.15) is 0 Å². The SMILES string of the molecule is CCC(=O)N(CC)C[SiH3]. The van der Waals surface area contributed by atoms with Crippen LogP contribution in [0.1, 0.15) is 20.3 Å². The van der Waals surface area contributed by atoms with Crippen LogP contribution in [-0.2, 0) is 4.79 Å². The molecular weight excluding hydrogens is 130 g/mol. The summed E-state index contributed by atoms with van der Waals surface area (Å²) in [6, 6.07) is 0. The molecule has 0 rings (SSSR count). The van der Waals surface area contributed by atoms with Crippen molar-refractivity contribution in [3.8, 4) is 0 Å². The Balaban J connectivity index is 3.64. The van der Waals surface area contributed by atoms with Crippen LogP contribution >= 0.6 is 0 Å². The normalized spacial score (nSPS) is 9.56. The molecule has 0 aliphatic heterocycles. The second kappa shape index (κ2) is 4.55. The first-order valence-electron chi connectivity index (χ1n) is 3.54. The van der Waals surface area contributed by atoms with Gasteiger partial charge in [-0.15, -0.1) is 0 Å². The molecule has 0 heterocycles. The van der Waals surface area contributed by atoms with Gasteiger partial charge in [0.1, 0.15) is 0 Å². The highest BCUT2D eigenvalue weighted by Crippen LogP contribution is 1.89. The van der Waals surface area contributed by atoms with Crippen molar-refractivity contribution in [2.75, 3.05) is 12.7 Å². The summed E-state index contributed by atoms with van der Waals surface area (Å²) >= 11 is 0. The second-order valence-electron chi connectivity index (χ2n) is 1.92. The molecule has 0 spiro atoms. The van der Waals surface area contributed by atoms with Gasteiger partial charge in [-0.3, -0.25) is 4.79 Å². The zero-order chi connectivity index (χ0) is 7.28. The Morgan fingerprint density at radius 1 is 1.56 bits per heavy atom. The Morgan fingerprint density at radius 3 is 2.22 bits per heavy atom. The van der Waals surface area contributed by atoms with Crippen LogP contribution in [0.25, 0.3) is 0 Å². The van der Waals surface area contributed by atoms with Crippen LogP contribution in [0.15, 0.2) is 0 Å². The van der Waals surface area contributed by atoms with Gasteiger partial charge in [0.15, 0.2) is 0 Å². The van der Waals surface area contributed by atoms with E-state index in [0.717, 1.165) is 23.0 Å². The maximum Gasteiger partial charge on any atom is 0.221 e. The molecule has 0 aromatic carbocycles. The predicted molar refractivity (Wildman–Crippen MR) is 42.5 cm³/mol. The summed E-state index contributed by atoms with van der Waals surface area (Å²) in [4.78, 5) is 12.8. The lowest BCUT2D eigenvalue weighted by molar-refractivity contribution is -0.129. The average molecular weight is 145 g/mol. The van der Waals surface area contributed by atoms with Crippen molar-refractivity contribution in [1.29, 1.82) is 0 Å². The molecule has 1 amide bonds. The number of amides is 1. The molecule has 3 heteroatoms. The zero-order valence-electron chi connectivity index (χ0n) is 6.48. The van der Waals surface area contributed by atoms with Crippen LogP contribution in [0.3, 0.4) is 0 Å². The minimum atomic E-state index is 0.285. The molecule has 9 heavy (non-hydrogen) atoms. The fourth-order valence-electron chi connectivity index (χ4n) is 0.800. The first-order chi connectivity index (χ1) is 4.26. The largest absolute Gasteiger partial charge is 0.347 e. The fraction of sp³-hybridized carbons (Fsp3) is 0.833. The number of hydrogen-bond acceptors (Lipinski definition) is 1. The van der Waals surface area contributed by atoms with Gasteiger partial charge in [0, 0.05) is 29.4 Å². The predicted octanol–water partition coefficient (Wildman–Crippen LogP) is -0.432. The zero-order valence-corrected chi connectivity index (χ0v) is 8.48. The molecule has 0 aliphatic rings. The summed E-state index contributed by atoms with van der Waals surface area (Å²) in [5.74, 6) is 0.285. The third-order valence-corrected chi connectivity index (χ3v) is 2.18. The number of carbonyl (C=O) groups excluding carboxylic acids is 1. The van der Waals surface area contributed by atoms with Crippen LogP contribution in [0.4, 0.5) is 0 Å². The van der Waals surface area contributed by atoms with E-state index >= 15 is 0 Å². The Morgan fingerprint density at radius 2 is 2.11 bits per heavy atom. The summed E-state index contributed by atoms with van der Waals surface area (Å²) in [7, 11) is 1.09. The van der Waals surface area contributed by atoms with Gasteiger partial charge >= 0.3 is 0 Å². The summed E-state index contributed by atoms with van der Waals surface area (Å²) in [6.45, 7) is 4.80. The van der Waals surface area contributed by atoms with E-state index in [1.807, 2.05) is 18.7 Å². The molecule has 0 N–H and O–H groups in total. The van der Waals surface area contributed by atoms with E-state index in [2.05, 4.69) is 0 Å². The molecule has 0 saturated heterocycles. The van der Waals surface area contributed by atoms with Gasteiger partial charge in [-0.25, -0.2) is 0 Å². The minimum absolute atomic E-state index is 0.285. The lowest BCUT2D eigenvalue weighted by Crippen LogP contribution is -2.31. The highest BCUT2D eigenvalue weighted by atomic mass is 28.1. The van der Waals surface area contributed by atoms with Crippen LogP contribution in [0.5, 0.6) is 0 Å². The number of carbonyl (C=O) groups is 1. The summed E-state index contributed by atoms with van der Waals surface area (Å²) in [6.07, 6.45) is 1.62. The van der Waals surface area contributed by atoms with Crippen LogP contribution in [0.2, 0.25) is 0 Å². The molecule has 0 saturated carbocycles. The molecule has 0 aromatic heterocycles. The van der Waals surface area contributed by atoms with E-state index in [0.29, 0.717) is 6.42 Å². The number of nitrogens with zero attached hydrogens (tertiary/aromatic N) is 1. The molecule has 54 valence electrons. The average Bonchev–Trinajstić information content (AvgIpc) is 1.90. The highest BCUT2D eigenvalue weighted by molar-refractivity contribution is 6.10. The molecule has 0 atom stereocenters. The van der Waals surface area contributed by atoms with E-state index in [1.54, 1.807) is 0 Å². The standard InChI is InChI=1S/C6H15NOSi/c1-3-6(8)7(4-2)5-9/h3-5H2,1-2,9H3. The smallest absolute Gasteiger partial charge is 0.221 e. The van der Waals surface area contributed by atoms with Crippen LogP contribution in [0, 0.1) is 0 Å². The Kier molecular flexibility index (Phi) is 4.40. The van der Waals surface area contributed by atoms with Gasteiger partial charge in [0.05, 0.1) is 0 Å². The van der Waals surface area contributed by atoms with E-state index in [1.165, 1.54) is 0 Å². The van der Waals surface area contributed by atoms with Gasteiger partial charge in [0.2, 0.25) is 5.91 Å². The second-order valence-corrected chi connectivity index (χ2v) is 2.55. The monoisotopic (exact) mass is 145 g/mol. The Hall–Kier alpha value is -0.313. The Bertz CT molecular complexity index is 91.1. The van der Waals surface area contributed by atoms with Crippen molar-refractivity contribution < 1.29 is 4.79 Å². The van der Waals surface area contributed by atoms with Crippen molar-refractivity contribution in [2.24, 2.45) is 0 Å². The summed E-state index contributed by atoms with van der Waals surface area (Å²) in [5, 5.41) is 0. The summed E-state index contributed by atoms with van der Waals surface area (Å²) < 4.78 is 0. The van der Waals surface area contributed by atoms with Gasteiger partial charge in [-0.05, 0) is 6.92 Å². The lowest BCUT2D eigenvalue weighted by Gasteiger charge is -2.16. The van der Waals surface area contributed by atoms with E-state index < -0.39 is 0 Å². The maximum absolute atomic E-state index is 10.9. The third kappa shape index (κ3) is 2.65. The van der Waals surface area contributed by atoms with E-state index in [4.69, 9.17) is 0 Å². The molecule has 0 bridgehead atoms. The van der Waals surface area contributed by atoms with Crippen LogP contribution < -0.4 is 0 Å². The van der Waals surface area contributed by atoms with E-state index in [9.17, 15) is 4.79 Å². The number of hydrogen-bond donors (Lipinski definition) is 0. The molecule has 0 aliphatic carbocycles. The highest BCUT2D eigenvalue weighted by Gasteiger charge is 2.03. The molecule has 0 unspecified atom stereocenters. The lowest BCUT2D eigenvalue weighted by atomic mass is 10.4. The topological polar surface area (TPSA) is 20.3 Å². The molecule has 0 fully saturated rings. The minimum Gasteiger partial charge on any atom is -0.347 e. The summed E-state index contributed by atoms with van der Waals surface area (Å²) in [5.41, 5.74) is 0. The molecule has 0 aromatic rings. The fourth-order valence-corrected chi connectivity index (χ4v) is 1.60. The quantitative estimate of drug-likeness (QED) is 0.493. The molecular formula is C6H15NOSi. The molecule has 2 nitrogen and oxygen atoms in total. The first kappa shape index (κ1) is 8.69. The van der Waals surface area contributed by atoms with E-state index in [-0.39, 0.29) is 5.91 Å². The van der Waals surface area contributed by atoms with Crippen molar-refractivity contribution in [3.63, 3.8) is 0 Å². The van der Waals surface area contributed by atoms with Crippen LogP contribution in [-0.4, -0.2) is 33.8 Å². The van der Waals surface area contributed by atoms with Gasteiger partial charge < -0.3 is 4.90 Å². The van der Waals surface area contributed by atoms with Crippen molar-refractivity contribution in [2.45, 2.75) is 20.3 Å². The number of rotatable bonds is 3. The van der Waals surface area contributed by atoms with Crippen molar-refractivity contribution >= 4 is 16.1 Å². The van der Waals surface area contributed by atoms with Gasteiger partial charge in [0.25, 0.3) is 0 Å². The first-order valence-corrected chi connectivity index (χ1v) is 4.95. The maximum atomic E-state index is 10.9. The van der Waals surface area contributed by atoms with Gasteiger partial charge in [-0.1, -0.05) is 6.92 Å².